The smallest absolute Gasteiger partial charge is 0.406 e. The van der Waals surface area contributed by atoms with Gasteiger partial charge in [-0.1, -0.05) is 18.1 Å². The number of halogens is 3. The molecule has 8 heteroatoms. The number of methoxy groups -OCH3 is 1. The number of nitrogens with one attached hydrogen (secondary N) is 1. The van der Waals surface area contributed by atoms with Crippen LogP contribution in [0.1, 0.15) is 21.6 Å². The number of aryl methyl sites for hydroxylation is 1. The quantitative estimate of drug-likeness (QED) is 0.593. The highest BCUT2D eigenvalue weighted by molar-refractivity contribution is 5.89. The van der Waals surface area contributed by atoms with Crippen LogP contribution in [-0.2, 0) is 6.54 Å². The van der Waals surface area contributed by atoms with Gasteiger partial charge in [-0.15, -0.1) is 0 Å². The predicted molar refractivity (Wildman–Crippen MR) is 108 cm³/mol. The van der Waals surface area contributed by atoms with Crippen LogP contribution < -0.4 is 10.1 Å². The zero-order valence-corrected chi connectivity index (χ0v) is 16.3. The van der Waals surface area contributed by atoms with E-state index >= 15 is 0 Å². The SMILES string of the molecule is COc1cc(C(=O)O)ccc1NCC#Cc1cc2c(C)cccc2n1CC(F)(F)F. The highest BCUT2D eigenvalue weighted by Gasteiger charge is 2.29. The molecule has 156 valence electrons. The Labute approximate surface area is 171 Å². The van der Waals surface area contributed by atoms with E-state index in [9.17, 15) is 18.0 Å². The summed E-state index contributed by atoms with van der Waals surface area (Å²) in [5, 5.41) is 12.8. The Morgan fingerprint density at radius 3 is 2.67 bits per heavy atom. The molecule has 0 atom stereocenters. The second-order valence-corrected chi connectivity index (χ2v) is 6.61. The Morgan fingerprint density at radius 1 is 1.23 bits per heavy atom. The highest BCUT2D eigenvalue weighted by Crippen LogP contribution is 2.28. The number of hydrogen-bond acceptors (Lipinski definition) is 3. The number of ether oxygens (including phenoxy) is 1. The topological polar surface area (TPSA) is 63.5 Å². The third-order valence-electron chi connectivity index (χ3n) is 4.53. The Morgan fingerprint density at radius 2 is 2.00 bits per heavy atom. The predicted octanol–water partition coefficient (Wildman–Crippen LogP) is 4.68. The van der Waals surface area contributed by atoms with E-state index in [0.29, 0.717) is 17.0 Å². The van der Waals surface area contributed by atoms with E-state index in [1.54, 1.807) is 24.3 Å². The monoisotopic (exact) mass is 416 g/mol. The van der Waals surface area contributed by atoms with Crippen LogP contribution in [0.3, 0.4) is 0 Å². The fraction of sp³-hybridized carbons (Fsp3) is 0.227. The lowest BCUT2D eigenvalue weighted by atomic mass is 10.1. The Bertz CT molecular complexity index is 1150. The van der Waals surface area contributed by atoms with E-state index in [2.05, 4.69) is 17.2 Å². The van der Waals surface area contributed by atoms with Crippen molar-refractivity contribution >= 4 is 22.6 Å². The highest BCUT2D eigenvalue weighted by atomic mass is 19.4. The number of carboxylic acid groups (broad SMARTS) is 1. The van der Waals surface area contributed by atoms with Gasteiger partial charge in [-0.2, -0.15) is 13.2 Å². The summed E-state index contributed by atoms with van der Waals surface area (Å²) in [6.07, 6.45) is -4.37. The number of anilines is 1. The van der Waals surface area contributed by atoms with Crippen LogP contribution in [0.2, 0.25) is 0 Å². The molecule has 0 aliphatic carbocycles. The second kappa shape index (κ2) is 8.41. The van der Waals surface area contributed by atoms with Crippen molar-refractivity contribution in [3.8, 4) is 17.6 Å². The molecule has 2 N–H and O–H groups in total. The first-order valence-electron chi connectivity index (χ1n) is 8.99. The van der Waals surface area contributed by atoms with Crippen molar-refractivity contribution in [2.75, 3.05) is 19.0 Å². The lowest BCUT2D eigenvalue weighted by Crippen LogP contribution is -2.18. The third-order valence-corrected chi connectivity index (χ3v) is 4.53. The maximum atomic E-state index is 13.1. The van der Waals surface area contributed by atoms with Crippen LogP contribution in [0.4, 0.5) is 18.9 Å². The summed E-state index contributed by atoms with van der Waals surface area (Å²) in [6.45, 7) is 0.850. The maximum Gasteiger partial charge on any atom is 0.406 e. The van der Waals surface area contributed by atoms with Crippen LogP contribution in [0.5, 0.6) is 5.75 Å². The summed E-state index contributed by atoms with van der Waals surface area (Å²) in [5.41, 5.74) is 2.24. The van der Waals surface area contributed by atoms with Gasteiger partial charge in [-0.05, 0) is 48.7 Å². The number of alkyl halides is 3. The molecule has 0 fully saturated rings. The lowest BCUT2D eigenvalue weighted by molar-refractivity contribution is -0.140. The second-order valence-electron chi connectivity index (χ2n) is 6.61. The number of rotatable bonds is 5. The molecule has 0 aliphatic rings. The van der Waals surface area contributed by atoms with Crippen molar-refractivity contribution in [1.29, 1.82) is 0 Å². The average Bonchev–Trinajstić information content (AvgIpc) is 3.02. The number of carboxylic acids is 1. The molecule has 0 bridgehead atoms. The first-order chi connectivity index (χ1) is 14.2. The summed E-state index contributed by atoms with van der Waals surface area (Å²) in [6, 6.07) is 11.2. The fourth-order valence-electron chi connectivity index (χ4n) is 3.13. The Balaban J connectivity index is 1.85. The van der Waals surface area contributed by atoms with Crippen molar-refractivity contribution in [3.63, 3.8) is 0 Å². The van der Waals surface area contributed by atoms with Crippen LogP contribution in [0, 0.1) is 18.8 Å². The van der Waals surface area contributed by atoms with Gasteiger partial charge in [0.15, 0.2) is 0 Å². The minimum atomic E-state index is -4.37. The van der Waals surface area contributed by atoms with Gasteiger partial charge in [0.05, 0.1) is 30.6 Å². The molecule has 30 heavy (non-hydrogen) atoms. The van der Waals surface area contributed by atoms with Gasteiger partial charge < -0.3 is 19.7 Å². The molecular formula is C22H19F3N2O3. The zero-order chi connectivity index (χ0) is 21.9. The van der Waals surface area contributed by atoms with E-state index in [1.807, 2.05) is 13.0 Å². The lowest BCUT2D eigenvalue weighted by Gasteiger charge is -2.11. The molecule has 0 spiro atoms. The molecule has 0 radical (unpaired) electrons. The van der Waals surface area contributed by atoms with Gasteiger partial charge in [-0.25, -0.2) is 4.79 Å². The minimum Gasteiger partial charge on any atom is -0.495 e. The van der Waals surface area contributed by atoms with E-state index in [4.69, 9.17) is 9.84 Å². The number of aromatic carboxylic acids is 1. The molecule has 0 amide bonds. The number of carbonyl (C=O) groups is 1. The summed E-state index contributed by atoms with van der Waals surface area (Å²) < 4.78 is 45.6. The van der Waals surface area contributed by atoms with Crippen molar-refractivity contribution in [1.82, 2.24) is 4.57 Å². The normalized spacial score (nSPS) is 11.1. The summed E-state index contributed by atoms with van der Waals surface area (Å²) in [7, 11) is 1.41. The van der Waals surface area contributed by atoms with Crippen LogP contribution >= 0.6 is 0 Å². The number of aromatic nitrogens is 1. The molecular weight excluding hydrogens is 397 g/mol. The fourth-order valence-corrected chi connectivity index (χ4v) is 3.13. The Hall–Kier alpha value is -3.60. The van der Waals surface area contributed by atoms with Crippen LogP contribution in [0.25, 0.3) is 10.9 Å². The van der Waals surface area contributed by atoms with E-state index in [-0.39, 0.29) is 17.8 Å². The largest absolute Gasteiger partial charge is 0.495 e. The molecule has 3 rings (SSSR count). The van der Waals surface area contributed by atoms with Crippen LogP contribution in [-0.4, -0.2) is 35.5 Å². The molecule has 2 aromatic carbocycles. The molecule has 0 saturated carbocycles. The van der Waals surface area contributed by atoms with Gasteiger partial charge in [0.2, 0.25) is 0 Å². The molecule has 1 heterocycles. The van der Waals surface area contributed by atoms with Crippen molar-refractivity contribution < 1.29 is 27.8 Å². The number of nitrogens with zero attached hydrogens (tertiary/aromatic N) is 1. The molecule has 0 aliphatic heterocycles. The first kappa shape index (κ1) is 21.1. The zero-order valence-electron chi connectivity index (χ0n) is 16.3. The molecule has 0 saturated heterocycles. The molecule has 3 aromatic rings. The minimum absolute atomic E-state index is 0.0792. The molecule has 1 aromatic heterocycles. The van der Waals surface area contributed by atoms with Gasteiger partial charge in [0.1, 0.15) is 12.3 Å². The van der Waals surface area contributed by atoms with Crippen molar-refractivity contribution in [2.45, 2.75) is 19.6 Å². The summed E-state index contributed by atoms with van der Waals surface area (Å²) in [5.74, 6) is 4.89. The molecule has 5 nitrogen and oxygen atoms in total. The van der Waals surface area contributed by atoms with E-state index in [0.717, 1.165) is 15.5 Å². The van der Waals surface area contributed by atoms with Crippen LogP contribution in [0.15, 0.2) is 42.5 Å². The number of benzene rings is 2. The van der Waals surface area contributed by atoms with Gasteiger partial charge in [0, 0.05) is 10.9 Å². The van der Waals surface area contributed by atoms with Gasteiger partial charge in [-0.3, -0.25) is 0 Å². The van der Waals surface area contributed by atoms with E-state index < -0.39 is 18.7 Å². The van der Waals surface area contributed by atoms with E-state index in [1.165, 1.54) is 19.2 Å². The maximum absolute atomic E-state index is 13.1. The third kappa shape index (κ3) is 4.69. The molecule has 0 unspecified atom stereocenters. The van der Waals surface area contributed by atoms with Crippen molar-refractivity contribution in [2.24, 2.45) is 0 Å². The Kier molecular flexibility index (Phi) is 5.92. The van der Waals surface area contributed by atoms with Gasteiger partial charge in [0.25, 0.3) is 0 Å². The average molecular weight is 416 g/mol. The standard InChI is InChI=1S/C22H19F3N2O3/c1-14-5-3-7-19-17(14)12-16(27(19)13-22(23,24)25)6-4-10-26-18-9-8-15(21(28)29)11-20(18)30-2/h3,5,7-9,11-12,26H,10,13H2,1-2H3,(H,28,29). The van der Waals surface area contributed by atoms with Crippen molar-refractivity contribution in [3.05, 3.63) is 59.3 Å². The summed E-state index contributed by atoms with van der Waals surface area (Å²) >= 11 is 0. The summed E-state index contributed by atoms with van der Waals surface area (Å²) in [4.78, 5) is 11.0. The van der Waals surface area contributed by atoms with Gasteiger partial charge >= 0.3 is 12.1 Å². The number of fused-ring (bicyclic) bond motifs is 1. The first-order valence-corrected chi connectivity index (χ1v) is 8.99. The number of hydrogen-bond donors (Lipinski definition) is 2.